The smallest absolute Gasteiger partial charge is 0.256 e. The molecule has 0 radical (unpaired) electrons. The molecule has 0 aliphatic carbocycles. The number of nitrogens with one attached hydrogen (secondary N) is 1. The summed E-state index contributed by atoms with van der Waals surface area (Å²) in [6.45, 7) is 0.251. The van der Waals surface area contributed by atoms with Crippen molar-refractivity contribution < 1.29 is 4.74 Å². The van der Waals surface area contributed by atoms with Crippen LogP contribution in [0.1, 0.15) is 28.5 Å². The Morgan fingerprint density at radius 3 is 2.77 bits per heavy atom. The molecule has 8 heteroatoms. The third-order valence-electron chi connectivity index (χ3n) is 4.51. The highest BCUT2D eigenvalue weighted by atomic mass is 35.5. The SMILES string of the molecule is N#Cc1ccccc1C(OCc1ccc(-n2cc(Cl)ccc2=O)nc1)c1cnc[nH]1. The normalized spacial score (nSPS) is 11.7. The van der Waals surface area contributed by atoms with Crippen LogP contribution in [0.15, 0.2) is 78.2 Å². The Morgan fingerprint density at radius 1 is 1.17 bits per heavy atom. The number of nitrogens with zero attached hydrogens (tertiary/aromatic N) is 4. The maximum atomic E-state index is 12.0. The van der Waals surface area contributed by atoms with Gasteiger partial charge in [0.25, 0.3) is 5.56 Å². The van der Waals surface area contributed by atoms with Crippen molar-refractivity contribution in [2.24, 2.45) is 0 Å². The third kappa shape index (κ3) is 4.15. The van der Waals surface area contributed by atoms with Crippen molar-refractivity contribution in [3.63, 3.8) is 0 Å². The summed E-state index contributed by atoms with van der Waals surface area (Å²) in [4.78, 5) is 23.5. The topological polar surface area (TPSA) is 96.6 Å². The summed E-state index contributed by atoms with van der Waals surface area (Å²) in [6.07, 6.45) is 5.92. The molecule has 3 heterocycles. The highest BCUT2D eigenvalue weighted by molar-refractivity contribution is 6.30. The van der Waals surface area contributed by atoms with E-state index in [2.05, 4.69) is 21.0 Å². The summed E-state index contributed by atoms with van der Waals surface area (Å²) in [5, 5.41) is 9.90. The van der Waals surface area contributed by atoms with Crippen LogP contribution in [-0.2, 0) is 11.3 Å². The molecule has 4 rings (SSSR count). The van der Waals surface area contributed by atoms with Crippen LogP contribution in [0.3, 0.4) is 0 Å². The fourth-order valence-electron chi connectivity index (χ4n) is 3.05. The van der Waals surface area contributed by atoms with E-state index in [1.807, 2.05) is 24.3 Å². The first kappa shape index (κ1) is 19.6. The van der Waals surface area contributed by atoms with E-state index in [0.717, 1.165) is 16.8 Å². The molecular formula is C22H16ClN5O2. The van der Waals surface area contributed by atoms with Gasteiger partial charge in [0.1, 0.15) is 11.9 Å². The maximum absolute atomic E-state index is 12.0. The molecule has 3 aromatic heterocycles. The van der Waals surface area contributed by atoms with Crippen molar-refractivity contribution in [3.8, 4) is 11.9 Å². The van der Waals surface area contributed by atoms with Crippen LogP contribution in [0.5, 0.6) is 0 Å². The van der Waals surface area contributed by atoms with Gasteiger partial charge in [0, 0.05) is 24.0 Å². The minimum Gasteiger partial charge on any atom is -0.362 e. The number of benzene rings is 1. The zero-order valence-corrected chi connectivity index (χ0v) is 16.5. The second-order valence-corrected chi connectivity index (χ2v) is 6.91. The molecular weight excluding hydrogens is 402 g/mol. The van der Waals surface area contributed by atoms with Crippen LogP contribution in [0.25, 0.3) is 5.82 Å². The minimum absolute atomic E-state index is 0.219. The molecule has 0 amide bonds. The van der Waals surface area contributed by atoms with Crippen molar-refractivity contribution in [3.05, 3.63) is 111 Å². The van der Waals surface area contributed by atoms with Crippen molar-refractivity contribution in [1.82, 2.24) is 19.5 Å². The van der Waals surface area contributed by atoms with Crippen LogP contribution >= 0.6 is 11.6 Å². The quantitative estimate of drug-likeness (QED) is 0.514. The summed E-state index contributed by atoms with van der Waals surface area (Å²) >= 11 is 5.98. The number of nitriles is 1. The second-order valence-electron chi connectivity index (χ2n) is 6.48. The van der Waals surface area contributed by atoms with Gasteiger partial charge in [-0.15, -0.1) is 0 Å². The predicted molar refractivity (Wildman–Crippen MR) is 111 cm³/mol. The first-order valence-corrected chi connectivity index (χ1v) is 9.46. The minimum atomic E-state index is -0.487. The van der Waals surface area contributed by atoms with Crippen molar-refractivity contribution >= 4 is 11.6 Å². The van der Waals surface area contributed by atoms with E-state index in [1.54, 1.807) is 30.9 Å². The molecule has 1 N–H and O–H groups in total. The van der Waals surface area contributed by atoms with E-state index < -0.39 is 6.10 Å². The molecule has 0 bridgehead atoms. The van der Waals surface area contributed by atoms with Crippen molar-refractivity contribution in [2.75, 3.05) is 0 Å². The predicted octanol–water partition coefficient (Wildman–Crippen LogP) is 3.79. The summed E-state index contributed by atoms with van der Waals surface area (Å²) < 4.78 is 7.52. The maximum Gasteiger partial charge on any atom is 0.256 e. The van der Waals surface area contributed by atoms with Crippen LogP contribution < -0.4 is 5.56 Å². The number of imidazole rings is 1. The molecule has 1 atom stereocenters. The summed E-state index contributed by atoms with van der Waals surface area (Å²) in [7, 11) is 0. The number of hydrogen-bond acceptors (Lipinski definition) is 5. The fourth-order valence-corrected chi connectivity index (χ4v) is 3.21. The average molecular weight is 418 g/mol. The molecule has 148 valence electrons. The van der Waals surface area contributed by atoms with E-state index in [0.29, 0.717) is 16.4 Å². The lowest BCUT2D eigenvalue weighted by Gasteiger charge is -2.18. The molecule has 1 aromatic carbocycles. The molecule has 0 fully saturated rings. The second kappa shape index (κ2) is 8.74. The molecule has 0 aliphatic heterocycles. The first-order chi connectivity index (χ1) is 14.7. The number of halogens is 1. The Labute approximate surface area is 177 Å². The average Bonchev–Trinajstić information content (AvgIpc) is 3.31. The number of aromatic amines is 1. The van der Waals surface area contributed by atoms with Gasteiger partial charge >= 0.3 is 0 Å². The zero-order chi connectivity index (χ0) is 20.9. The van der Waals surface area contributed by atoms with Crippen LogP contribution in [0.4, 0.5) is 0 Å². The Hall–Kier alpha value is -3.73. The standard InChI is InChI=1S/C22H16ClN5O2/c23-17-6-8-21(29)28(12-17)20-7-5-15(10-26-20)13-30-22(19-11-25-14-27-19)18-4-2-1-3-16(18)9-24/h1-8,10-12,14,22H,13H2,(H,25,27). The van der Waals surface area contributed by atoms with Gasteiger partial charge in [-0.3, -0.25) is 9.36 Å². The summed E-state index contributed by atoms with van der Waals surface area (Å²) in [5.41, 5.74) is 2.62. The Bertz CT molecular complexity index is 1240. The van der Waals surface area contributed by atoms with E-state index in [9.17, 15) is 10.1 Å². The van der Waals surface area contributed by atoms with Crippen LogP contribution in [0.2, 0.25) is 5.02 Å². The third-order valence-corrected chi connectivity index (χ3v) is 4.74. The molecule has 4 aromatic rings. The number of hydrogen-bond donors (Lipinski definition) is 1. The van der Waals surface area contributed by atoms with Crippen LogP contribution in [-0.4, -0.2) is 19.5 Å². The largest absolute Gasteiger partial charge is 0.362 e. The van der Waals surface area contributed by atoms with E-state index in [1.165, 1.54) is 22.9 Å². The van der Waals surface area contributed by atoms with Crippen molar-refractivity contribution in [1.29, 1.82) is 5.26 Å². The Kier molecular flexibility index (Phi) is 5.70. The van der Waals surface area contributed by atoms with E-state index in [4.69, 9.17) is 16.3 Å². The highest BCUT2D eigenvalue weighted by Gasteiger charge is 2.19. The molecule has 0 spiro atoms. The molecule has 30 heavy (non-hydrogen) atoms. The lowest BCUT2D eigenvalue weighted by Crippen LogP contribution is -2.17. The molecule has 0 saturated carbocycles. The van der Waals surface area contributed by atoms with Gasteiger partial charge in [-0.05, 0) is 23.8 Å². The first-order valence-electron chi connectivity index (χ1n) is 9.08. The Morgan fingerprint density at radius 2 is 2.03 bits per heavy atom. The van der Waals surface area contributed by atoms with Gasteiger partial charge in [0.15, 0.2) is 0 Å². The summed E-state index contributed by atoms with van der Waals surface area (Å²) in [5.74, 6) is 0.464. The van der Waals surface area contributed by atoms with Crippen molar-refractivity contribution in [2.45, 2.75) is 12.7 Å². The summed E-state index contributed by atoms with van der Waals surface area (Å²) in [6, 6.07) is 16.0. The number of pyridine rings is 2. The van der Waals surface area contributed by atoms with Crippen LogP contribution in [0, 0.1) is 11.3 Å². The Balaban J connectivity index is 1.57. The number of rotatable bonds is 6. The van der Waals surface area contributed by atoms with E-state index >= 15 is 0 Å². The molecule has 0 saturated heterocycles. The van der Waals surface area contributed by atoms with Gasteiger partial charge in [0.2, 0.25) is 0 Å². The van der Waals surface area contributed by atoms with Gasteiger partial charge in [-0.25, -0.2) is 9.97 Å². The highest BCUT2D eigenvalue weighted by Crippen LogP contribution is 2.28. The monoisotopic (exact) mass is 417 g/mol. The lowest BCUT2D eigenvalue weighted by atomic mass is 10.0. The molecule has 0 aliphatic rings. The number of ether oxygens (including phenoxy) is 1. The molecule has 1 unspecified atom stereocenters. The van der Waals surface area contributed by atoms with E-state index in [-0.39, 0.29) is 12.2 Å². The van der Waals surface area contributed by atoms with Gasteiger partial charge in [-0.2, -0.15) is 5.26 Å². The fraction of sp³-hybridized carbons (Fsp3) is 0.0909. The van der Waals surface area contributed by atoms with Gasteiger partial charge in [0.05, 0.1) is 41.5 Å². The zero-order valence-electron chi connectivity index (χ0n) is 15.7. The number of H-pyrrole nitrogens is 1. The number of aromatic nitrogens is 4. The lowest BCUT2D eigenvalue weighted by molar-refractivity contribution is 0.0639. The van der Waals surface area contributed by atoms with Gasteiger partial charge in [-0.1, -0.05) is 35.9 Å². The molecule has 7 nitrogen and oxygen atoms in total. The van der Waals surface area contributed by atoms with Gasteiger partial charge < -0.3 is 9.72 Å².